The summed E-state index contributed by atoms with van der Waals surface area (Å²) in [5, 5.41) is 0. The number of amides is 1. The van der Waals surface area contributed by atoms with Crippen molar-refractivity contribution in [1.82, 2.24) is 0 Å². The van der Waals surface area contributed by atoms with Crippen LogP contribution in [0.2, 0.25) is 0 Å². The van der Waals surface area contributed by atoms with E-state index in [4.69, 9.17) is 4.18 Å². The van der Waals surface area contributed by atoms with Gasteiger partial charge in [0.25, 0.3) is 0 Å². The highest BCUT2D eigenvalue weighted by molar-refractivity contribution is 7.97. The number of nitrogens with zero attached hydrogens (tertiary/aromatic N) is 1. The van der Waals surface area contributed by atoms with Gasteiger partial charge in [-0.2, -0.15) is 0 Å². The van der Waals surface area contributed by atoms with E-state index in [2.05, 4.69) is 0 Å². The van der Waals surface area contributed by atoms with Gasteiger partial charge in [0.15, 0.2) is 18.0 Å². The second-order valence-electron chi connectivity index (χ2n) is 2.06. The molecule has 56 valence electrons. The number of anilines is 1. The van der Waals surface area contributed by atoms with E-state index in [0.29, 0.717) is 0 Å². The molecule has 1 aromatic rings. The Kier molecular flexibility index (Phi) is 1.47. The van der Waals surface area contributed by atoms with Crippen molar-refractivity contribution in [2.24, 2.45) is 0 Å². The van der Waals surface area contributed by atoms with Crippen molar-refractivity contribution in [2.45, 2.75) is 0 Å². The van der Waals surface area contributed by atoms with Gasteiger partial charge in [-0.25, -0.2) is 4.31 Å². The number of hydrogen-bond donors (Lipinski definition) is 0. The van der Waals surface area contributed by atoms with Crippen LogP contribution in [-0.2, 0) is 4.79 Å². The predicted molar refractivity (Wildman–Crippen MR) is 43.2 cm³/mol. The molecule has 0 fully saturated rings. The first-order valence-electron chi connectivity index (χ1n) is 3.10. The first-order valence-corrected chi connectivity index (χ1v) is 3.80. The quantitative estimate of drug-likeness (QED) is 0.361. The minimum atomic E-state index is 0.733. The Balaban J connectivity index is 2.46. The van der Waals surface area contributed by atoms with E-state index in [-0.39, 0.29) is 0 Å². The van der Waals surface area contributed by atoms with E-state index in [1.807, 2.05) is 24.3 Å². The van der Waals surface area contributed by atoms with Gasteiger partial charge in [0.2, 0.25) is 6.41 Å². The lowest BCUT2D eigenvalue weighted by molar-refractivity contribution is -0.106. The molecule has 11 heavy (non-hydrogen) atoms. The fourth-order valence-corrected chi connectivity index (χ4v) is 1.47. The molecule has 1 heterocycles. The van der Waals surface area contributed by atoms with Crippen molar-refractivity contribution in [3.05, 3.63) is 24.3 Å². The predicted octanol–water partition coefficient (Wildman–Crippen LogP) is 1.60. The second kappa shape index (κ2) is 2.47. The highest BCUT2D eigenvalue weighted by Crippen LogP contribution is 2.39. The van der Waals surface area contributed by atoms with Gasteiger partial charge in [-0.1, -0.05) is 12.1 Å². The third kappa shape index (κ3) is 0.952. The lowest BCUT2D eigenvalue weighted by Crippen LogP contribution is -2.05. The Hall–Kier alpha value is -1.16. The topological polar surface area (TPSA) is 29.5 Å². The maximum absolute atomic E-state index is 10.4. The largest absolute Gasteiger partial charge is 0.403 e. The Morgan fingerprint density at radius 2 is 2.27 bits per heavy atom. The molecule has 0 unspecified atom stereocenters. The van der Waals surface area contributed by atoms with Gasteiger partial charge < -0.3 is 4.18 Å². The third-order valence-electron chi connectivity index (χ3n) is 1.41. The number of para-hydroxylation sites is 2. The summed E-state index contributed by atoms with van der Waals surface area (Å²) in [5.74, 6) is 0.740. The summed E-state index contributed by atoms with van der Waals surface area (Å²) in [5.41, 5.74) is 0.813. The van der Waals surface area contributed by atoms with E-state index in [1.165, 1.54) is 4.31 Å². The van der Waals surface area contributed by atoms with E-state index in [0.717, 1.165) is 30.1 Å². The van der Waals surface area contributed by atoms with Crippen molar-refractivity contribution in [2.75, 3.05) is 4.31 Å². The van der Waals surface area contributed by atoms with Crippen LogP contribution in [0.15, 0.2) is 24.3 Å². The molecule has 1 aliphatic rings. The number of rotatable bonds is 1. The second-order valence-corrected chi connectivity index (χ2v) is 2.77. The zero-order valence-corrected chi connectivity index (χ0v) is 6.38. The minimum Gasteiger partial charge on any atom is -0.403 e. The zero-order valence-electron chi connectivity index (χ0n) is 5.56. The lowest BCUT2D eigenvalue weighted by atomic mass is 10.3. The molecule has 0 atom stereocenters. The molecule has 1 aromatic carbocycles. The monoisotopic (exact) mass is 167 g/mol. The van der Waals surface area contributed by atoms with Gasteiger partial charge >= 0.3 is 0 Å². The average molecular weight is 167 g/mol. The molecule has 0 aromatic heterocycles. The van der Waals surface area contributed by atoms with Crippen LogP contribution in [-0.4, -0.2) is 6.41 Å². The summed E-state index contributed by atoms with van der Waals surface area (Å²) in [6.07, 6.45) is 0.733. The molecule has 0 bridgehead atoms. The molecule has 0 spiro atoms. The van der Waals surface area contributed by atoms with Crippen LogP contribution in [0.5, 0.6) is 5.75 Å². The Bertz CT molecular complexity index is 290. The van der Waals surface area contributed by atoms with Gasteiger partial charge in [0.05, 0.1) is 0 Å². The van der Waals surface area contributed by atoms with E-state index >= 15 is 0 Å². The molecule has 0 aliphatic carbocycles. The first-order chi connectivity index (χ1) is 5.42. The number of carbonyl (C=O) groups excluding carboxylic acids is 1. The Morgan fingerprint density at radius 3 is 3.09 bits per heavy atom. The molecule has 2 rings (SSSR count). The summed E-state index contributed by atoms with van der Waals surface area (Å²) >= 11 is 1.04. The van der Waals surface area contributed by atoms with Crippen LogP contribution in [0.4, 0.5) is 5.69 Å². The molecule has 0 saturated heterocycles. The van der Waals surface area contributed by atoms with Crippen LogP contribution in [0.25, 0.3) is 0 Å². The molecule has 1 amide bonds. The minimum absolute atomic E-state index is 0.733. The highest BCUT2D eigenvalue weighted by Gasteiger charge is 2.20. The van der Waals surface area contributed by atoms with Gasteiger partial charge in [-0.3, -0.25) is 4.79 Å². The van der Waals surface area contributed by atoms with E-state index in [9.17, 15) is 4.79 Å². The van der Waals surface area contributed by atoms with Crippen LogP contribution < -0.4 is 8.49 Å². The fourth-order valence-electron chi connectivity index (χ4n) is 0.905. The van der Waals surface area contributed by atoms with Gasteiger partial charge in [-0.15, -0.1) is 0 Å². The molecule has 0 N–H and O–H groups in total. The van der Waals surface area contributed by atoms with Crippen molar-refractivity contribution < 1.29 is 8.98 Å². The van der Waals surface area contributed by atoms with Gasteiger partial charge in [-0.05, 0) is 12.1 Å². The summed E-state index contributed by atoms with van der Waals surface area (Å²) in [4.78, 5) is 10.4. The SMILES string of the molecule is O=CN1SOc2ccccc21. The van der Waals surface area contributed by atoms with Crippen LogP contribution in [0.1, 0.15) is 0 Å². The highest BCUT2D eigenvalue weighted by atomic mass is 32.2. The molecule has 1 aliphatic heterocycles. The molecule has 3 nitrogen and oxygen atoms in total. The lowest BCUT2D eigenvalue weighted by Gasteiger charge is -2.00. The molecular weight excluding hydrogens is 162 g/mol. The summed E-state index contributed by atoms with van der Waals surface area (Å²) < 4.78 is 6.55. The summed E-state index contributed by atoms with van der Waals surface area (Å²) in [7, 11) is 0. The average Bonchev–Trinajstić information content (AvgIpc) is 2.47. The summed E-state index contributed by atoms with van der Waals surface area (Å²) in [6.45, 7) is 0. The van der Waals surface area contributed by atoms with Gasteiger partial charge in [0, 0.05) is 0 Å². The molecular formula is C7H5NO2S. The third-order valence-corrected chi connectivity index (χ3v) is 2.10. The Morgan fingerprint density at radius 1 is 1.45 bits per heavy atom. The zero-order chi connectivity index (χ0) is 7.68. The van der Waals surface area contributed by atoms with Crippen molar-refractivity contribution >= 4 is 24.3 Å². The van der Waals surface area contributed by atoms with Crippen molar-refractivity contribution in [3.63, 3.8) is 0 Å². The maximum atomic E-state index is 10.4. The standard InChI is InChI=1S/C7H5NO2S/c9-5-8-6-3-1-2-4-7(6)10-11-8/h1-5H. The van der Waals surface area contributed by atoms with Gasteiger partial charge in [0.1, 0.15) is 5.69 Å². The summed E-state index contributed by atoms with van der Waals surface area (Å²) in [6, 6.07) is 7.40. The van der Waals surface area contributed by atoms with Crippen molar-refractivity contribution in [1.29, 1.82) is 0 Å². The van der Waals surface area contributed by atoms with Crippen LogP contribution in [0, 0.1) is 0 Å². The molecule has 0 radical (unpaired) electrons. The van der Waals surface area contributed by atoms with Crippen molar-refractivity contribution in [3.8, 4) is 5.75 Å². The van der Waals surface area contributed by atoms with Crippen LogP contribution in [0.3, 0.4) is 0 Å². The van der Waals surface area contributed by atoms with E-state index in [1.54, 1.807) is 0 Å². The first kappa shape index (κ1) is 6.54. The number of fused-ring (bicyclic) bond motifs is 1. The number of hydrogen-bond acceptors (Lipinski definition) is 3. The molecule has 0 saturated carbocycles. The Labute approximate surface area is 68.3 Å². The number of carbonyl (C=O) groups is 1. The van der Waals surface area contributed by atoms with Crippen LogP contribution >= 0.6 is 12.2 Å². The van der Waals surface area contributed by atoms with E-state index < -0.39 is 0 Å². The number of benzene rings is 1. The fraction of sp³-hybridized carbons (Fsp3) is 0. The maximum Gasteiger partial charge on any atom is 0.226 e. The molecule has 4 heteroatoms. The normalized spacial score (nSPS) is 14.0. The smallest absolute Gasteiger partial charge is 0.226 e.